The molecule has 6 heteroatoms. The van der Waals surface area contributed by atoms with Crippen molar-refractivity contribution in [1.82, 2.24) is 10.2 Å². The lowest BCUT2D eigenvalue weighted by Gasteiger charge is -2.14. The van der Waals surface area contributed by atoms with Gasteiger partial charge in [0.15, 0.2) is 0 Å². The highest BCUT2D eigenvalue weighted by Gasteiger charge is 2.21. The van der Waals surface area contributed by atoms with Crippen LogP contribution in [0.4, 0.5) is 4.79 Å². The Balaban J connectivity index is 2.15. The van der Waals surface area contributed by atoms with Crippen LogP contribution in [0.15, 0.2) is 0 Å². The number of urea groups is 1. The summed E-state index contributed by atoms with van der Waals surface area (Å²) in [7, 11) is 0. The normalized spacial score (nSPS) is 21.5. The highest BCUT2D eigenvalue weighted by molar-refractivity contribution is 5.93. The third-order valence-corrected chi connectivity index (χ3v) is 2.55. The molecule has 0 saturated carbocycles. The number of aliphatic hydroxyl groups excluding tert-OH is 1. The Morgan fingerprint density at radius 3 is 2.80 bits per heavy atom. The molecule has 1 aliphatic heterocycles. The van der Waals surface area contributed by atoms with Gasteiger partial charge in [-0.05, 0) is 18.9 Å². The predicted octanol–water partition coefficient (Wildman–Crippen LogP) is -1.11. The van der Waals surface area contributed by atoms with Crippen LogP contribution in [0.2, 0.25) is 0 Å². The zero-order chi connectivity index (χ0) is 11.3. The Morgan fingerprint density at radius 2 is 2.27 bits per heavy atom. The number of nitrogens with two attached hydrogens (primary N) is 1. The van der Waals surface area contributed by atoms with Crippen LogP contribution in [0, 0.1) is 5.92 Å². The van der Waals surface area contributed by atoms with Crippen LogP contribution >= 0.6 is 0 Å². The summed E-state index contributed by atoms with van der Waals surface area (Å²) < 4.78 is 0. The van der Waals surface area contributed by atoms with Gasteiger partial charge in [-0.1, -0.05) is 0 Å². The van der Waals surface area contributed by atoms with E-state index in [0.717, 1.165) is 19.5 Å². The fourth-order valence-corrected chi connectivity index (χ4v) is 1.72. The number of amides is 3. The van der Waals surface area contributed by atoms with Gasteiger partial charge in [0.05, 0.1) is 0 Å². The molecule has 1 rings (SSSR count). The topological polar surface area (TPSA) is 95.7 Å². The van der Waals surface area contributed by atoms with Crippen LogP contribution in [0.3, 0.4) is 0 Å². The molecule has 4 N–H and O–H groups in total. The first-order valence-electron chi connectivity index (χ1n) is 5.04. The predicted molar refractivity (Wildman–Crippen MR) is 54.0 cm³/mol. The van der Waals surface area contributed by atoms with Gasteiger partial charge in [-0.25, -0.2) is 4.79 Å². The van der Waals surface area contributed by atoms with Crippen molar-refractivity contribution >= 4 is 11.9 Å². The van der Waals surface area contributed by atoms with Crippen molar-refractivity contribution in [3.05, 3.63) is 0 Å². The molecular formula is C9H17N3O3. The maximum atomic E-state index is 11.1. The summed E-state index contributed by atoms with van der Waals surface area (Å²) in [5.41, 5.74) is 4.80. The minimum Gasteiger partial charge on any atom is -0.396 e. The van der Waals surface area contributed by atoms with Crippen LogP contribution in [0.1, 0.15) is 12.8 Å². The van der Waals surface area contributed by atoms with E-state index in [4.69, 9.17) is 10.8 Å². The molecule has 6 nitrogen and oxygen atoms in total. The maximum Gasteiger partial charge on any atom is 0.318 e. The maximum absolute atomic E-state index is 11.1. The molecule has 1 saturated heterocycles. The first-order chi connectivity index (χ1) is 7.11. The molecule has 1 heterocycles. The van der Waals surface area contributed by atoms with Gasteiger partial charge in [0.2, 0.25) is 5.91 Å². The molecule has 1 fully saturated rings. The molecule has 0 aromatic heterocycles. The molecule has 0 radical (unpaired) electrons. The standard InChI is InChI=1S/C9H17N3O3/c10-9(15)11-8(14)2-4-12-3-1-7(5-12)6-13/h7,13H,1-6H2,(H3,10,11,14,15). The number of carbonyl (C=O) groups is 2. The summed E-state index contributed by atoms with van der Waals surface area (Å²) in [6.45, 7) is 2.52. The van der Waals surface area contributed by atoms with Gasteiger partial charge in [-0.2, -0.15) is 0 Å². The van der Waals surface area contributed by atoms with Crippen LogP contribution in [0.25, 0.3) is 0 Å². The summed E-state index contributed by atoms with van der Waals surface area (Å²) in [5.74, 6) is -0.0286. The summed E-state index contributed by atoms with van der Waals surface area (Å²) in [6.07, 6.45) is 1.23. The highest BCUT2D eigenvalue weighted by Crippen LogP contribution is 2.14. The van der Waals surface area contributed by atoms with E-state index in [2.05, 4.69) is 4.90 Å². The average molecular weight is 215 g/mol. The van der Waals surface area contributed by atoms with E-state index in [0.29, 0.717) is 12.5 Å². The van der Waals surface area contributed by atoms with Gasteiger partial charge in [-0.3, -0.25) is 10.1 Å². The number of aliphatic hydroxyl groups is 1. The Bertz CT molecular complexity index is 245. The van der Waals surface area contributed by atoms with E-state index in [1.54, 1.807) is 0 Å². The molecule has 0 aliphatic carbocycles. The first kappa shape index (κ1) is 11.9. The summed E-state index contributed by atoms with van der Waals surface area (Å²) in [5, 5.41) is 10.9. The van der Waals surface area contributed by atoms with Crippen LogP contribution in [-0.4, -0.2) is 48.2 Å². The number of nitrogens with one attached hydrogen (secondary N) is 1. The van der Waals surface area contributed by atoms with Gasteiger partial charge in [0.25, 0.3) is 0 Å². The second kappa shape index (κ2) is 5.67. The van der Waals surface area contributed by atoms with Crippen molar-refractivity contribution in [3.63, 3.8) is 0 Å². The van der Waals surface area contributed by atoms with Crippen LogP contribution in [0.5, 0.6) is 0 Å². The highest BCUT2D eigenvalue weighted by atomic mass is 16.3. The van der Waals surface area contributed by atoms with Gasteiger partial charge >= 0.3 is 6.03 Å². The number of likely N-dealkylation sites (tertiary alicyclic amines) is 1. The Labute approximate surface area is 88.4 Å². The summed E-state index contributed by atoms with van der Waals surface area (Å²) in [4.78, 5) is 23.5. The van der Waals surface area contributed by atoms with E-state index in [9.17, 15) is 9.59 Å². The Hall–Kier alpha value is -1.14. The van der Waals surface area contributed by atoms with Crippen molar-refractivity contribution in [1.29, 1.82) is 0 Å². The second-order valence-corrected chi connectivity index (χ2v) is 3.80. The van der Waals surface area contributed by atoms with Crippen molar-refractivity contribution in [2.75, 3.05) is 26.2 Å². The number of primary amides is 1. The number of imide groups is 1. The van der Waals surface area contributed by atoms with Crippen molar-refractivity contribution in [2.24, 2.45) is 11.7 Å². The lowest BCUT2D eigenvalue weighted by atomic mass is 10.1. The molecule has 0 aromatic rings. The summed E-state index contributed by atoms with van der Waals surface area (Å²) in [6, 6.07) is -0.811. The fraction of sp³-hybridized carbons (Fsp3) is 0.778. The fourth-order valence-electron chi connectivity index (χ4n) is 1.72. The first-order valence-corrected chi connectivity index (χ1v) is 5.04. The average Bonchev–Trinajstić information content (AvgIpc) is 2.61. The van der Waals surface area contributed by atoms with E-state index in [1.807, 2.05) is 5.32 Å². The van der Waals surface area contributed by atoms with E-state index in [-0.39, 0.29) is 18.9 Å². The molecule has 0 spiro atoms. The van der Waals surface area contributed by atoms with Gasteiger partial charge in [0.1, 0.15) is 0 Å². The van der Waals surface area contributed by atoms with Crippen molar-refractivity contribution in [2.45, 2.75) is 12.8 Å². The lowest BCUT2D eigenvalue weighted by molar-refractivity contribution is -0.120. The number of rotatable bonds is 4. The Morgan fingerprint density at radius 1 is 1.53 bits per heavy atom. The monoisotopic (exact) mass is 215 g/mol. The smallest absolute Gasteiger partial charge is 0.318 e. The molecule has 1 unspecified atom stereocenters. The Kier molecular flexibility index (Phi) is 4.51. The van der Waals surface area contributed by atoms with Gasteiger partial charge < -0.3 is 15.7 Å². The quantitative estimate of drug-likeness (QED) is 0.554. The minimum absolute atomic E-state index is 0.198. The van der Waals surface area contributed by atoms with Crippen molar-refractivity contribution in [3.8, 4) is 0 Å². The largest absolute Gasteiger partial charge is 0.396 e. The van der Waals surface area contributed by atoms with Crippen LogP contribution < -0.4 is 11.1 Å². The number of hydrogen-bond donors (Lipinski definition) is 3. The summed E-state index contributed by atoms with van der Waals surface area (Å²) >= 11 is 0. The lowest BCUT2D eigenvalue weighted by Crippen LogP contribution is -2.37. The van der Waals surface area contributed by atoms with Crippen LogP contribution in [-0.2, 0) is 4.79 Å². The van der Waals surface area contributed by atoms with E-state index in [1.165, 1.54) is 0 Å². The molecule has 1 atom stereocenters. The molecule has 86 valence electrons. The second-order valence-electron chi connectivity index (χ2n) is 3.80. The number of carbonyl (C=O) groups excluding carboxylic acids is 2. The third-order valence-electron chi connectivity index (χ3n) is 2.55. The molecule has 1 aliphatic rings. The molecular weight excluding hydrogens is 198 g/mol. The van der Waals surface area contributed by atoms with Crippen molar-refractivity contribution < 1.29 is 14.7 Å². The van der Waals surface area contributed by atoms with Gasteiger partial charge in [0, 0.05) is 26.1 Å². The van der Waals surface area contributed by atoms with E-state index >= 15 is 0 Å². The molecule has 0 bridgehead atoms. The van der Waals surface area contributed by atoms with Gasteiger partial charge in [-0.15, -0.1) is 0 Å². The molecule has 15 heavy (non-hydrogen) atoms. The minimum atomic E-state index is -0.811. The third kappa shape index (κ3) is 4.26. The van der Waals surface area contributed by atoms with E-state index < -0.39 is 6.03 Å². The number of nitrogens with zero attached hydrogens (tertiary/aromatic N) is 1. The molecule has 0 aromatic carbocycles. The zero-order valence-corrected chi connectivity index (χ0v) is 8.61. The molecule has 3 amide bonds. The SMILES string of the molecule is NC(=O)NC(=O)CCN1CCC(CO)C1. The zero-order valence-electron chi connectivity index (χ0n) is 8.61. The number of hydrogen-bond acceptors (Lipinski definition) is 4.